The predicted octanol–water partition coefficient (Wildman–Crippen LogP) is 1.61. The standard InChI is InChI=1S/C15H20N2O3/c1-10(18)13-11(6-5-7-12(13)20-4)17-9-8-16-14(19)15(17,2)3/h5-7H,8-9H2,1-4H3,(H,16,19). The minimum Gasteiger partial charge on any atom is -0.496 e. The van der Waals surface area contributed by atoms with Crippen LogP contribution in [-0.2, 0) is 4.79 Å². The number of carbonyl (C=O) groups excluding carboxylic acids is 2. The van der Waals surface area contributed by atoms with Crippen LogP contribution < -0.4 is 15.0 Å². The van der Waals surface area contributed by atoms with Crippen LogP contribution in [0.2, 0.25) is 0 Å². The fourth-order valence-electron chi connectivity index (χ4n) is 2.59. The summed E-state index contributed by atoms with van der Waals surface area (Å²) in [5.41, 5.74) is 0.573. The number of ether oxygens (including phenoxy) is 1. The first-order chi connectivity index (χ1) is 9.39. The van der Waals surface area contributed by atoms with Crippen LogP contribution in [0.5, 0.6) is 5.75 Å². The Bertz CT molecular complexity index is 552. The van der Waals surface area contributed by atoms with Crippen molar-refractivity contribution < 1.29 is 14.3 Å². The second-order valence-electron chi connectivity index (χ2n) is 5.38. The molecule has 1 N–H and O–H groups in total. The molecule has 1 aliphatic heterocycles. The monoisotopic (exact) mass is 276 g/mol. The summed E-state index contributed by atoms with van der Waals surface area (Å²) in [5, 5.41) is 2.85. The molecule has 1 aliphatic rings. The number of rotatable bonds is 3. The van der Waals surface area contributed by atoms with Gasteiger partial charge in [0.2, 0.25) is 5.91 Å². The Morgan fingerprint density at radius 1 is 1.40 bits per heavy atom. The molecule has 5 heteroatoms. The highest BCUT2D eigenvalue weighted by Crippen LogP contribution is 2.34. The van der Waals surface area contributed by atoms with Gasteiger partial charge in [0, 0.05) is 13.1 Å². The van der Waals surface area contributed by atoms with Gasteiger partial charge >= 0.3 is 0 Å². The molecule has 0 spiro atoms. The number of hydrogen-bond donors (Lipinski definition) is 1. The number of nitrogens with zero attached hydrogens (tertiary/aromatic N) is 1. The molecule has 0 aromatic heterocycles. The molecule has 0 radical (unpaired) electrons. The van der Waals surface area contributed by atoms with Gasteiger partial charge in [-0.3, -0.25) is 9.59 Å². The van der Waals surface area contributed by atoms with E-state index in [1.165, 1.54) is 6.92 Å². The first kappa shape index (κ1) is 14.4. The summed E-state index contributed by atoms with van der Waals surface area (Å²) in [6, 6.07) is 5.46. The molecule has 20 heavy (non-hydrogen) atoms. The molecule has 5 nitrogen and oxygen atoms in total. The largest absolute Gasteiger partial charge is 0.496 e. The molecule has 0 aliphatic carbocycles. The average molecular weight is 276 g/mol. The summed E-state index contributed by atoms with van der Waals surface area (Å²) in [6.07, 6.45) is 0. The molecule has 0 unspecified atom stereocenters. The van der Waals surface area contributed by atoms with Crippen LogP contribution >= 0.6 is 0 Å². The van der Waals surface area contributed by atoms with Crippen molar-refractivity contribution in [3.63, 3.8) is 0 Å². The Morgan fingerprint density at radius 2 is 2.10 bits per heavy atom. The van der Waals surface area contributed by atoms with Crippen molar-refractivity contribution >= 4 is 17.4 Å². The molecule has 0 bridgehead atoms. The van der Waals surface area contributed by atoms with Gasteiger partial charge in [-0.05, 0) is 32.9 Å². The number of piperazine rings is 1. The van der Waals surface area contributed by atoms with Crippen LogP contribution in [0.3, 0.4) is 0 Å². The van der Waals surface area contributed by atoms with Crippen LogP contribution in [0.25, 0.3) is 0 Å². The summed E-state index contributed by atoms with van der Waals surface area (Å²) in [6.45, 7) is 6.44. The molecule has 0 atom stereocenters. The number of benzene rings is 1. The molecule has 1 aromatic carbocycles. The second kappa shape index (κ2) is 5.15. The minimum atomic E-state index is -0.700. The second-order valence-corrected chi connectivity index (χ2v) is 5.38. The summed E-state index contributed by atoms with van der Waals surface area (Å²) in [7, 11) is 1.54. The molecule has 1 fully saturated rings. The molecule has 2 rings (SSSR count). The van der Waals surface area contributed by atoms with E-state index in [-0.39, 0.29) is 11.7 Å². The number of Topliss-reactive ketones (excluding diaryl/α,β-unsaturated/α-hetero) is 1. The topological polar surface area (TPSA) is 58.6 Å². The highest BCUT2D eigenvalue weighted by atomic mass is 16.5. The highest BCUT2D eigenvalue weighted by Gasteiger charge is 2.39. The van der Waals surface area contributed by atoms with Crippen LogP contribution in [-0.4, -0.2) is 37.4 Å². The van der Waals surface area contributed by atoms with Crippen molar-refractivity contribution in [3.8, 4) is 5.75 Å². The van der Waals surface area contributed by atoms with E-state index >= 15 is 0 Å². The lowest BCUT2D eigenvalue weighted by atomic mass is 9.95. The number of methoxy groups -OCH3 is 1. The number of carbonyl (C=O) groups is 2. The van der Waals surface area contributed by atoms with Crippen molar-refractivity contribution in [1.82, 2.24) is 5.32 Å². The van der Waals surface area contributed by atoms with E-state index in [4.69, 9.17) is 4.74 Å². The van der Waals surface area contributed by atoms with Gasteiger partial charge in [0.15, 0.2) is 5.78 Å². The van der Waals surface area contributed by atoms with Gasteiger partial charge in [-0.2, -0.15) is 0 Å². The zero-order valence-electron chi connectivity index (χ0n) is 12.3. The molecule has 1 amide bonds. The van der Waals surface area contributed by atoms with E-state index in [9.17, 15) is 9.59 Å². The Balaban J connectivity index is 2.57. The molecular weight excluding hydrogens is 256 g/mol. The number of nitrogens with one attached hydrogen (secondary N) is 1. The number of ketones is 1. The lowest BCUT2D eigenvalue weighted by Gasteiger charge is -2.43. The zero-order chi connectivity index (χ0) is 14.9. The molecule has 0 saturated carbocycles. The maximum absolute atomic E-state index is 12.1. The van der Waals surface area contributed by atoms with E-state index in [0.29, 0.717) is 24.4 Å². The van der Waals surface area contributed by atoms with E-state index in [1.54, 1.807) is 13.2 Å². The Labute approximate surface area is 118 Å². The van der Waals surface area contributed by atoms with Crippen LogP contribution in [0.4, 0.5) is 5.69 Å². The predicted molar refractivity (Wildman–Crippen MR) is 77.4 cm³/mol. The average Bonchev–Trinajstić information content (AvgIpc) is 2.40. The quantitative estimate of drug-likeness (QED) is 0.852. The molecule has 1 aromatic rings. The SMILES string of the molecule is COc1cccc(N2CCNC(=O)C2(C)C)c1C(C)=O. The van der Waals surface area contributed by atoms with Gasteiger partial charge in [-0.15, -0.1) is 0 Å². The lowest BCUT2D eigenvalue weighted by Crippen LogP contribution is -2.62. The van der Waals surface area contributed by atoms with Crippen molar-refractivity contribution in [2.45, 2.75) is 26.3 Å². The van der Waals surface area contributed by atoms with Gasteiger partial charge in [-0.25, -0.2) is 0 Å². The zero-order valence-corrected chi connectivity index (χ0v) is 12.3. The smallest absolute Gasteiger partial charge is 0.245 e. The van der Waals surface area contributed by atoms with Gasteiger partial charge in [0.1, 0.15) is 11.3 Å². The minimum absolute atomic E-state index is 0.0407. The third-order valence-corrected chi connectivity index (χ3v) is 3.72. The molecular formula is C15H20N2O3. The van der Waals surface area contributed by atoms with Crippen molar-refractivity contribution in [1.29, 1.82) is 0 Å². The summed E-state index contributed by atoms with van der Waals surface area (Å²) < 4.78 is 5.29. The number of anilines is 1. The first-order valence-corrected chi connectivity index (χ1v) is 6.63. The van der Waals surface area contributed by atoms with E-state index in [1.807, 2.05) is 30.9 Å². The lowest BCUT2D eigenvalue weighted by molar-refractivity contribution is -0.126. The summed E-state index contributed by atoms with van der Waals surface area (Å²) in [4.78, 5) is 26.0. The van der Waals surface area contributed by atoms with E-state index < -0.39 is 5.54 Å². The number of hydrogen-bond acceptors (Lipinski definition) is 4. The van der Waals surface area contributed by atoms with Crippen LogP contribution in [0.15, 0.2) is 18.2 Å². The van der Waals surface area contributed by atoms with E-state index in [2.05, 4.69) is 5.32 Å². The highest BCUT2D eigenvalue weighted by molar-refractivity contribution is 6.04. The van der Waals surface area contributed by atoms with Crippen molar-refractivity contribution in [3.05, 3.63) is 23.8 Å². The maximum Gasteiger partial charge on any atom is 0.245 e. The molecule has 108 valence electrons. The Morgan fingerprint density at radius 3 is 2.70 bits per heavy atom. The third-order valence-electron chi connectivity index (χ3n) is 3.72. The first-order valence-electron chi connectivity index (χ1n) is 6.63. The fraction of sp³-hybridized carbons (Fsp3) is 0.467. The third kappa shape index (κ3) is 2.24. The van der Waals surface area contributed by atoms with Gasteiger partial charge in [0.25, 0.3) is 0 Å². The maximum atomic E-state index is 12.1. The normalized spacial score (nSPS) is 17.6. The van der Waals surface area contributed by atoms with Crippen LogP contribution in [0.1, 0.15) is 31.1 Å². The van der Waals surface area contributed by atoms with Crippen molar-refractivity contribution in [2.24, 2.45) is 0 Å². The van der Waals surface area contributed by atoms with Crippen molar-refractivity contribution in [2.75, 3.05) is 25.1 Å². The summed E-state index contributed by atoms with van der Waals surface area (Å²) in [5.74, 6) is 0.428. The van der Waals surface area contributed by atoms with Gasteiger partial charge < -0.3 is 15.0 Å². The number of amides is 1. The van der Waals surface area contributed by atoms with Crippen LogP contribution in [0, 0.1) is 0 Å². The van der Waals surface area contributed by atoms with E-state index in [0.717, 1.165) is 5.69 Å². The Kier molecular flexibility index (Phi) is 3.70. The fourth-order valence-corrected chi connectivity index (χ4v) is 2.59. The van der Waals surface area contributed by atoms with Gasteiger partial charge in [0.05, 0.1) is 18.4 Å². The molecule has 1 saturated heterocycles. The summed E-state index contributed by atoms with van der Waals surface area (Å²) >= 11 is 0. The molecule has 1 heterocycles. The Hall–Kier alpha value is -2.04. The van der Waals surface area contributed by atoms with Gasteiger partial charge in [-0.1, -0.05) is 6.07 Å².